The van der Waals surface area contributed by atoms with Gasteiger partial charge >= 0.3 is 6.03 Å². The van der Waals surface area contributed by atoms with Gasteiger partial charge in [0.1, 0.15) is 12.4 Å². The van der Waals surface area contributed by atoms with E-state index >= 15 is 0 Å². The first-order valence-electron chi connectivity index (χ1n) is 9.41. The summed E-state index contributed by atoms with van der Waals surface area (Å²) in [6.45, 7) is 5.38. The van der Waals surface area contributed by atoms with Crippen LogP contribution in [0.1, 0.15) is 19.3 Å². The van der Waals surface area contributed by atoms with Crippen LogP contribution in [-0.2, 0) is 9.59 Å². The molecule has 2 saturated heterocycles. The second-order valence-corrected chi connectivity index (χ2v) is 6.77. The van der Waals surface area contributed by atoms with Gasteiger partial charge in [-0.3, -0.25) is 19.8 Å². The monoisotopic (exact) mass is 374 g/mol. The van der Waals surface area contributed by atoms with E-state index in [0.717, 1.165) is 39.1 Å². The lowest BCUT2D eigenvalue weighted by molar-refractivity contribution is -0.121. The zero-order valence-corrected chi connectivity index (χ0v) is 15.4. The van der Waals surface area contributed by atoms with Crippen LogP contribution in [0.15, 0.2) is 24.3 Å². The molecular formula is C19H26N4O4. The number of hydrogen-bond donors (Lipinski definition) is 2. The molecule has 2 aliphatic heterocycles. The van der Waals surface area contributed by atoms with Crippen LogP contribution < -0.4 is 20.3 Å². The molecule has 3 amide bonds. The maximum absolute atomic E-state index is 12.1. The number of piperazine rings is 1. The number of hydrogen-bond acceptors (Lipinski definition) is 6. The molecule has 2 heterocycles. The number of rotatable bonds is 8. The number of benzene rings is 1. The summed E-state index contributed by atoms with van der Waals surface area (Å²) in [6.07, 6.45) is 1.60. The fourth-order valence-corrected chi connectivity index (χ4v) is 3.22. The Morgan fingerprint density at radius 3 is 2.74 bits per heavy atom. The summed E-state index contributed by atoms with van der Waals surface area (Å²) in [6, 6.07) is 6.57. The van der Waals surface area contributed by atoms with Crippen molar-refractivity contribution in [3.05, 3.63) is 24.3 Å². The lowest BCUT2D eigenvalue weighted by Crippen LogP contribution is -2.49. The van der Waals surface area contributed by atoms with Gasteiger partial charge in [0, 0.05) is 57.3 Å². The smallest absolute Gasteiger partial charge is 0.328 e. The van der Waals surface area contributed by atoms with Gasteiger partial charge in [-0.1, -0.05) is 6.07 Å². The van der Waals surface area contributed by atoms with Crippen LogP contribution in [0.25, 0.3) is 0 Å². The Hall–Kier alpha value is -2.45. The minimum absolute atomic E-state index is 0.0235. The Morgan fingerprint density at radius 2 is 1.96 bits per heavy atom. The van der Waals surface area contributed by atoms with Crippen molar-refractivity contribution in [1.82, 2.24) is 15.5 Å². The number of urea groups is 1. The Kier molecular flexibility index (Phi) is 6.78. The van der Waals surface area contributed by atoms with Gasteiger partial charge in [-0.05, 0) is 25.1 Å². The van der Waals surface area contributed by atoms with Gasteiger partial charge in [0.25, 0.3) is 0 Å². The summed E-state index contributed by atoms with van der Waals surface area (Å²) < 4.78 is 5.60. The lowest BCUT2D eigenvalue weighted by atomic mass is 10.2. The highest BCUT2D eigenvalue weighted by atomic mass is 16.5. The quantitative estimate of drug-likeness (QED) is 0.698. The second kappa shape index (κ2) is 9.48. The molecule has 1 aromatic carbocycles. The largest absolute Gasteiger partial charge is 0.486 e. The molecule has 2 aliphatic rings. The highest BCUT2D eigenvalue weighted by Crippen LogP contribution is 2.23. The average Bonchev–Trinajstić information content (AvgIpc) is 2.67. The highest BCUT2D eigenvalue weighted by molar-refractivity contribution is 6.05. The number of nitrogens with zero attached hydrogens (tertiary/aromatic N) is 2. The van der Waals surface area contributed by atoms with Gasteiger partial charge in [0.2, 0.25) is 5.91 Å². The number of nitrogens with one attached hydrogen (secondary N) is 2. The van der Waals surface area contributed by atoms with Gasteiger partial charge in [-0.2, -0.15) is 0 Å². The summed E-state index contributed by atoms with van der Waals surface area (Å²) in [5.74, 6) is 0.333. The molecule has 8 heteroatoms. The molecule has 146 valence electrons. The third-order valence-corrected chi connectivity index (χ3v) is 4.72. The Labute approximate surface area is 158 Å². The first kappa shape index (κ1) is 19.3. The maximum Gasteiger partial charge on any atom is 0.328 e. The normalized spacial score (nSPS) is 18.3. The van der Waals surface area contributed by atoms with E-state index in [-0.39, 0.29) is 24.7 Å². The van der Waals surface area contributed by atoms with E-state index < -0.39 is 6.03 Å². The molecule has 1 aromatic rings. The summed E-state index contributed by atoms with van der Waals surface area (Å²) in [4.78, 5) is 39.1. The number of imide groups is 1. The van der Waals surface area contributed by atoms with Crippen LogP contribution in [0, 0.1) is 0 Å². The number of Topliss-reactive ketones (excluding diaryl/α,β-unsaturated/α-hetero) is 1. The third-order valence-electron chi connectivity index (χ3n) is 4.72. The van der Waals surface area contributed by atoms with E-state index in [0.29, 0.717) is 24.4 Å². The average molecular weight is 374 g/mol. The van der Waals surface area contributed by atoms with Gasteiger partial charge in [0.05, 0.1) is 0 Å². The van der Waals surface area contributed by atoms with Gasteiger partial charge < -0.3 is 15.0 Å². The van der Waals surface area contributed by atoms with E-state index in [1.807, 2.05) is 0 Å². The molecule has 27 heavy (non-hydrogen) atoms. The van der Waals surface area contributed by atoms with Crippen LogP contribution >= 0.6 is 0 Å². The van der Waals surface area contributed by atoms with Crippen molar-refractivity contribution < 1.29 is 19.1 Å². The van der Waals surface area contributed by atoms with Gasteiger partial charge in [0.15, 0.2) is 5.78 Å². The van der Waals surface area contributed by atoms with Crippen molar-refractivity contribution in [2.45, 2.75) is 19.3 Å². The third kappa shape index (κ3) is 5.77. The molecule has 0 aliphatic carbocycles. The molecule has 0 bridgehead atoms. The van der Waals surface area contributed by atoms with Gasteiger partial charge in [-0.25, -0.2) is 4.79 Å². The number of carbonyl (C=O) groups is 3. The van der Waals surface area contributed by atoms with E-state index in [1.165, 1.54) is 4.90 Å². The van der Waals surface area contributed by atoms with Crippen LogP contribution in [0.2, 0.25) is 0 Å². The SMILES string of the molecule is O=C(CCCN1CCNCC1)COc1cccc(N2CCC(=O)NC2=O)c1. The highest BCUT2D eigenvalue weighted by Gasteiger charge is 2.24. The second-order valence-electron chi connectivity index (χ2n) is 6.77. The van der Waals surface area contributed by atoms with Crippen molar-refractivity contribution in [3.8, 4) is 5.75 Å². The first-order valence-corrected chi connectivity index (χ1v) is 9.41. The molecule has 0 atom stereocenters. The van der Waals surface area contributed by atoms with Crippen molar-refractivity contribution >= 4 is 23.4 Å². The lowest BCUT2D eigenvalue weighted by Gasteiger charge is -2.27. The Bertz CT molecular complexity index is 688. The minimum Gasteiger partial charge on any atom is -0.486 e. The van der Waals surface area contributed by atoms with Gasteiger partial charge in [-0.15, -0.1) is 0 Å². The zero-order chi connectivity index (χ0) is 19.1. The Balaban J connectivity index is 1.43. The van der Waals surface area contributed by atoms with Crippen LogP contribution in [-0.4, -0.2) is 68.5 Å². The molecule has 0 saturated carbocycles. The van der Waals surface area contributed by atoms with Crippen molar-refractivity contribution in [1.29, 1.82) is 0 Å². The molecule has 3 rings (SSSR count). The summed E-state index contributed by atoms with van der Waals surface area (Å²) >= 11 is 0. The predicted molar refractivity (Wildman–Crippen MR) is 101 cm³/mol. The van der Waals surface area contributed by atoms with Crippen LogP contribution in [0.5, 0.6) is 5.75 Å². The van der Waals surface area contributed by atoms with E-state index in [1.54, 1.807) is 24.3 Å². The molecule has 2 N–H and O–H groups in total. The molecule has 0 spiro atoms. The number of amides is 3. The fraction of sp³-hybridized carbons (Fsp3) is 0.526. The Morgan fingerprint density at radius 1 is 1.15 bits per heavy atom. The van der Waals surface area contributed by atoms with Crippen molar-refractivity contribution in [2.24, 2.45) is 0 Å². The number of ketones is 1. The first-order chi connectivity index (χ1) is 13.1. The number of anilines is 1. The number of ether oxygens (including phenoxy) is 1. The molecule has 0 aromatic heterocycles. The van der Waals surface area contributed by atoms with E-state index in [4.69, 9.17) is 4.74 Å². The maximum atomic E-state index is 12.1. The molecule has 0 unspecified atom stereocenters. The molecule has 0 radical (unpaired) electrons. The standard InChI is InChI=1S/C19H26N4O4/c24-16(4-2-9-22-11-7-20-8-12-22)14-27-17-5-1-3-15(13-17)23-10-6-18(25)21-19(23)26/h1,3,5,13,20H,2,4,6-12,14H2,(H,21,25,26). The molecular weight excluding hydrogens is 348 g/mol. The summed E-state index contributed by atoms with van der Waals surface area (Å²) in [7, 11) is 0. The van der Waals surface area contributed by atoms with Crippen LogP contribution in [0.4, 0.5) is 10.5 Å². The van der Waals surface area contributed by atoms with E-state index in [2.05, 4.69) is 15.5 Å². The topological polar surface area (TPSA) is 91.0 Å². The van der Waals surface area contributed by atoms with Crippen molar-refractivity contribution in [3.63, 3.8) is 0 Å². The zero-order valence-electron chi connectivity index (χ0n) is 15.4. The van der Waals surface area contributed by atoms with Crippen molar-refractivity contribution in [2.75, 3.05) is 50.8 Å². The summed E-state index contributed by atoms with van der Waals surface area (Å²) in [5.41, 5.74) is 0.642. The fourth-order valence-electron chi connectivity index (χ4n) is 3.22. The van der Waals surface area contributed by atoms with Crippen LogP contribution in [0.3, 0.4) is 0 Å². The summed E-state index contributed by atoms with van der Waals surface area (Å²) in [5, 5.41) is 5.60. The molecule has 2 fully saturated rings. The predicted octanol–water partition coefficient (Wildman–Crippen LogP) is 0.766. The molecule has 8 nitrogen and oxygen atoms in total. The minimum atomic E-state index is -0.438. The van der Waals surface area contributed by atoms with E-state index in [9.17, 15) is 14.4 Å². The number of carbonyl (C=O) groups excluding carboxylic acids is 3.